The van der Waals surface area contributed by atoms with Gasteiger partial charge in [0.2, 0.25) is 17.7 Å². The lowest BCUT2D eigenvalue weighted by molar-refractivity contribution is -0.125. The highest BCUT2D eigenvalue weighted by Crippen LogP contribution is 2.26. The Morgan fingerprint density at radius 1 is 1.03 bits per heavy atom. The molecule has 33 heavy (non-hydrogen) atoms. The first-order chi connectivity index (χ1) is 15.9. The molecule has 1 fully saturated rings. The maximum atomic E-state index is 12.5. The lowest BCUT2D eigenvalue weighted by Crippen LogP contribution is -2.44. The molecule has 0 spiro atoms. The first-order valence-electron chi connectivity index (χ1n) is 10.9. The number of hydrogen-bond donors (Lipinski definition) is 4. The number of methoxy groups -OCH3 is 1. The van der Waals surface area contributed by atoms with Crippen LogP contribution in [-0.4, -0.2) is 61.0 Å². The standard InChI is InChI=1S/C24H30N4O5/c1-16-7-8-21(33-2)19(13-16)26-22(30)14-25-23(31)15-28-11-9-17(10-12-28)24(32)27-18-5-3-4-6-20(18)29/h3-8,13,17,29H,9-12,14-15H2,1-2H3,(H,25,31)(H,26,30)(H,27,32). The number of carbonyl (C=O) groups excluding carboxylic acids is 3. The van der Waals surface area contributed by atoms with Crippen molar-refractivity contribution in [1.82, 2.24) is 10.2 Å². The van der Waals surface area contributed by atoms with Gasteiger partial charge in [-0.25, -0.2) is 0 Å². The van der Waals surface area contributed by atoms with E-state index in [-0.39, 0.29) is 42.5 Å². The molecular formula is C24H30N4O5. The second-order valence-electron chi connectivity index (χ2n) is 8.09. The van der Waals surface area contributed by atoms with E-state index in [4.69, 9.17) is 4.74 Å². The first kappa shape index (κ1) is 24.1. The number of amides is 3. The van der Waals surface area contributed by atoms with Gasteiger partial charge < -0.3 is 25.8 Å². The SMILES string of the molecule is COc1ccc(C)cc1NC(=O)CNC(=O)CN1CCC(C(=O)Nc2ccccc2O)CC1. The molecule has 0 bridgehead atoms. The average Bonchev–Trinajstić information content (AvgIpc) is 2.80. The monoisotopic (exact) mass is 454 g/mol. The number of piperidine rings is 1. The molecule has 4 N–H and O–H groups in total. The molecule has 1 aliphatic heterocycles. The van der Waals surface area contributed by atoms with E-state index < -0.39 is 0 Å². The van der Waals surface area contributed by atoms with Crippen molar-refractivity contribution in [3.63, 3.8) is 0 Å². The van der Waals surface area contributed by atoms with Crippen molar-refractivity contribution < 1.29 is 24.2 Å². The maximum absolute atomic E-state index is 12.5. The number of phenols is 1. The Morgan fingerprint density at radius 3 is 2.45 bits per heavy atom. The number of aryl methyl sites for hydroxylation is 1. The zero-order chi connectivity index (χ0) is 23.8. The summed E-state index contributed by atoms with van der Waals surface area (Å²) < 4.78 is 5.24. The van der Waals surface area contributed by atoms with Gasteiger partial charge in [-0.05, 0) is 62.7 Å². The topological polar surface area (TPSA) is 120 Å². The van der Waals surface area contributed by atoms with Crippen LogP contribution in [0.5, 0.6) is 11.5 Å². The summed E-state index contributed by atoms with van der Waals surface area (Å²) in [4.78, 5) is 38.9. The maximum Gasteiger partial charge on any atom is 0.243 e. The number of likely N-dealkylation sites (tertiary alicyclic amines) is 1. The van der Waals surface area contributed by atoms with Crippen molar-refractivity contribution in [2.24, 2.45) is 5.92 Å². The third kappa shape index (κ3) is 6.95. The van der Waals surface area contributed by atoms with Crippen LogP contribution < -0.4 is 20.7 Å². The highest BCUT2D eigenvalue weighted by Gasteiger charge is 2.26. The summed E-state index contributed by atoms with van der Waals surface area (Å²) >= 11 is 0. The fourth-order valence-electron chi connectivity index (χ4n) is 3.72. The summed E-state index contributed by atoms with van der Waals surface area (Å²) in [6.07, 6.45) is 1.22. The minimum absolute atomic E-state index is 0.0323. The van der Waals surface area contributed by atoms with E-state index >= 15 is 0 Å². The van der Waals surface area contributed by atoms with Gasteiger partial charge in [-0.1, -0.05) is 18.2 Å². The lowest BCUT2D eigenvalue weighted by Gasteiger charge is -2.30. The number of phenolic OH excluding ortho intramolecular Hbond substituents is 1. The first-order valence-corrected chi connectivity index (χ1v) is 10.9. The molecule has 2 aromatic rings. The number of anilines is 2. The molecule has 176 valence electrons. The molecule has 3 rings (SSSR count). The van der Waals surface area contributed by atoms with Crippen LogP contribution in [0, 0.1) is 12.8 Å². The quantitative estimate of drug-likeness (QED) is 0.454. The van der Waals surface area contributed by atoms with E-state index in [0.717, 1.165) is 5.56 Å². The van der Waals surface area contributed by atoms with Crippen molar-refractivity contribution >= 4 is 29.1 Å². The molecule has 1 heterocycles. The highest BCUT2D eigenvalue weighted by molar-refractivity contribution is 5.96. The Kier molecular flexibility index (Phi) is 8.26. The average molecular weight is 455 g/mol. The molecule has 0 aliphatic carbocycles. The Morgan fingerprint density at radius 2 is 1.76 bits per heavy atom. The minimum Gasteiger partial charge on any atom is -0.506 e. The van der Waals surface area contributed by atoms with Gasteiger partial charge in [0.15, 0.2) is 0 Å². The Hall–Kier alpha value is -3.59. The fraction of sp³-hybridized carbons (Fsp3) is 0.375. The number of rotatable bonds is 8. The molecule has 1 saturated heterocycles. The van der Waals surface area contributed by atoms with E-state index in [0.29, 0.717) is 43.1 Å². The Balaban J connectivity index is 1.39. The number of nitrogens with one attached hydrogen (secondary N) is 3. The molecule has 0 unspecified atom stereocenters. The van der Waals surface area contributed by atoms with Crippen LogP contribution >= 0.6 is 0 Å². The molecule has 9 nitrogen and oxygen atoms in total. The lowest BCUT2D eigenvalue weighted by atomic mass is 9.95. The second-order valence-corrected chi connectivity index (χ2v) is 8.09. The number of hydrogen-bond acceptors (Lipinski definition) is 6. The number of carbonyl (C=O) groups is 3. The van der Waals surface area contributed by atoms with E-state index in [1.54, 1.807) is 30.3 Å². The van der Waals surface area contributed by atoms with Crippen molar-refractivity contribution in [2.75, 3.05) is 43.9 Å². The second kappa shape index (κ2) is 11.3. The number of ether oxygens (including phenoxy) is 1. The predicted molar refractivity (Wildman–Crippen MR) is 125 cm³/mol. The van der Waals surface area contributed by atoms with Gasteiger partial charge in [-0.2, -0.15) is 0 Å². The van der Waals surface area contributed by atoms with E-state index in [2.05, 4.69) is 16.0 Å². The van der Waals surface area contributed by atoms with Gasteiger partial charge in [-0.15, -0.1) is 0 Å². The van der Waals surface area contributed by atoms with Crippen LogP contribution in [0.4, 0.5) is 11.4 Å². The van der Waals surface area contributed by atoms with Gasteiger partial charge in [0, 0.05) is 5.92 Å². The number of nitrogens with zero attached hydrogens (tertiary/aromatic N) is 1. The van der Waals surface area contributed by atoms with Gasteiger partial charge in [0.1, 0.15) is 11.5 Å². The smallest absolute Gasteiger partial charge is 0.243 e. The molecule has 1 aliphatic rings. The third-order valence-corrected chi connectivity index (χ3v) is 5.56. The van der Waals surface area contributed by atoms with E-state index in [1.807, 2.05) is 17.9 Å². The zero-order valence-corrected chi connectivity index (χ0v) is 18.9. The van der Waals surface area contributed by atoms with Crippen molar-refractivity contribution in [2.45, 2.75) is 19.8 Å². The van der Waals surface area contributed by atoms with Gasteiger partial charge in [-0.3, -0.25) is 19.3 Å². The number of para-hydroxylation sites is 2. The van der Waals surface area contributed by atoms with Gasteiger partial charge in [0.25, 0.3) is 0 Å². The van der Waals surface area contributed by atoms with Crippen molar-refractivity contribution in [3.05, 3.63) is 48.0 Å². The summed E-state index contributed by atoms with van der Waals surface area (Å²) in [5, 5.41) is 18.0. The molecule has 9 heteroatoms. The molecule has 0 radical (unpaired) electrons. The van der Waals surface area contributed by atoms with Crippen LogP contribution in [0.1, 0.15) is 18.4 Å². The van der Waals surface area contributed by atoms with Crippen LogP contribution in [0.15, 0.2) is 42.5 Å². The Labute approximate surface area is 193 Å². The van der Waals surface area contributed by atoms with E-state index in [1.165, 1.54) is 13.2 Å². The summed E-state index contributed by atoms with van der Waals surface area (Å²) in [5.74, 6) is -0.326. The van der Waals surface area contributed by atoms with Crippen LogP contribution in [-0.2, 0) is 14.4 Å². The van der Waals surface area contributed by atoms with Gasteiger partial charge >= 0.3 is 0 Å². The third-order valence-electron chi connectivity index (χ3n) is 5.56. The molecular weight excluding hydrogens is 424 g/mol. The number of benzene rings is 2. The molecule has 3 amide bonds. The normalized spacial score (nSPS) is 14.4. The van der Waals surface area contributed by atoms with Crippen molar-refractivity contribution in [3.8, 4) is 11.5 Å². The Bertz CT molecular complexity index is 1000. The fourth-order valence-corrected chi connectivity index (χ4v) is 3.72. The number of aromatic hydroxyl groups is 1. The van der Waals surface area contributed by atoms with Gasteiger partial charge in [0.05, 0.1) is 31.6 Å². The molecule has 0 atom stereocenters. The summed E-state index contributed by atoms with van der Waals surface area (Å²) in [7, 11) is 1.53. The van der Waals surface area contributed by atoms with E-state index in [9.17, 15) is 19.5 Å². The largest absolute Gasteiger partial charge is 0.506 e. The van der Waals surface area contributed by atoms with Crippen molar-refractivity contribution in [1.29, 1.82) is 0 Å². The molecule has 0 saturated carbocycles. The van der Waals surface area contributed by atoms with Crippen LogP contribution in [0.25, 0.3) is 0 Å². The summed E-state index contributed by atoms with van der Waals surface area (Å²) in [6.45, 7) is 3.12. The summed E-state index contributed by atoms with van der Waals surface area (Å²) in [6, 6.07) is 12.1. The van der Waals surface area contributed by atoms with Crippen LogP contribution in [0.2, 0.25) is 0 Å². The highest BCUT2D eigenvalue weighted by atomic mass is 16.5. The predicted octanol–water partition coefficient (Wildman–Crippen LogP) is 2.11. The minimum atomic E-state index is -0.341. The molecule has 0 aromatic heterocycles. The summed E-state index contributed by atoms with van der Waals surface area (Å²) in [5.41, 5.74) is 1.93. The zero-order valence-electron chi connectivity index (χ0n) is 18.9. The van der Waals surface area contributed by atoms with Crippen LogP contribution in [0.3, 0.4) is 0 Å². The molecule has 2 aromatic carbocycles.